The van der Waals surface area contributed by atoms with Crippen LogP contribution in [0.5, 0.6) is 0 Å². The molecule has 1 aromatic heterocycles. The second-order valence-corrected chi connectivity index (χ2v) is 10.1. The van der Waals surface area contributed by atoms with E-state index in [9.17, 15) is 4.79 Å². The Hall–Kier alpha value is -3.11. The third kappa shape index (κ3) is 5.34. The first kappa shape index (κ1) is 26.0. The molecule has 36 heavy (non-hydrogen) atoms. The molecule has 188 valence electrons. The summed E-state index contributed by atoms with van der Waals surface area (Å²) in [5.74, 6) is -0.127. The summed E-state index contributed by atoms with van der Waals surface area (Å²) in [5.41, 5.74) is 5.57. The van der Waals surface area contributed by atoms with Crippen molar-refractivity contribution in [1.82, 2.24) is 9.88 Å². The number of carbonyl (C=O) groups is 1. The maximum atomic E-state index is 15.0. The first-order valence-corrected chi connectivity index (χ1v) is 13.1. The Labute approximate surface area is 218 Å². The van der Waals surface area contributed by atoms with Gasteiger partial charge in [0.15, 0.2) is 0 Å². The van der Waals surface area contributed by atoms with Crippen LogP contribution in [0.25, 0.3) is 10.9 Å². The summed E-state index contributed by atoms with van der Waals surface area (Å²) < 4.78 is 16.9. The maximum Gasteiger partial charge on any atom is 0.251 e. The molecule has 5 heteroatoms. The largest absolute Gasteiger partial charge is 0.352 e. The Morgan fingerprint density at radius 3 is 2.31 bits per heavy atom. The van der Waals surface area contributed by atoms with Crippen LogP contribution >= 0.6 is 11.6 Å². The van der Waals surface area contributed by atoms with Gasteiger partial charge in [0, 0.05) is 41.7 Å². The van der Waals surface area contributed by atoms with Gasteiger partial charge in [-0.2, -0.15) is 0 Å². The monoisotopic (exact) mass is 504 g/mol. The van der Waals surface area contributed by atoms with E-state index in [1.165, 1.54) is 0 Å². The molecule has 0 radical (unpaired) electrons. The molecule has 2 atom stereocenters. The molecule has 1 heterocycles. The van der Waals surface area contributed by atoms with Crippen LogP contribution in [0.4, 0.5) is 4.39 Å². The number of hydrogen-bond acceptors (Lipinski definition) is 1. The zero-order chi connectivity index (χ0) is 25.8. The molecule has 4 rings (SSSR count). The quantitative estimate of drug-likeness (QED) is 0.245. The molecule has 0 spiro atoms. The number of amides is 1. The number of rotatable bonds is 9. The lowest BCUT2D eigenvalue weighted by Crippen LogP contribution is -2.24. The highest BCUT2D eigenvalue weighted by molar-refractivity contribution is 6.30. The van der Waals surface area contributed by atoms with Gasteiger partial charge in [0.05, 0.1) is 5.52 Å². The SMILES string of the molecule is CCCNC(=O)c1ccc([C@@H](CCC)[C@H](c2ccc(Cl)cc2)c2cn(C)c3c(F)cc(C)cc23)cc1. The van der Waals surface area contributed by atoms with Gasteiger partial charge in [-0.25, -0.2) is 4.39 Å². The van der Waals surface area contributed by atoms with Crippen LogP contribution in [-0.4, -0.2) is 17.0 Å². The predicted molar refractivity (Wildman–Crippen MR) is 148 cm³/mol. The van der Waals surface area contributed by atoms with E-state index in [0.717, 1.165) is 46.9 Å². The predicted octanol–water partition coefficient (Wildman–Crippen LogP) is 8.13. The lowest BCUT2D eigenvalue weighted by atomic mass is 9.75. The van der Waals surface area contributed by atoms with Gasteiger partial charge in [-0.05, 0) is 84.3 Å². The molecule has 1 amide bonds. The van der Waals surface area contributed by atoms with Crippen LogP contribution in [0.3, 0.4) is 0 Å². The minimum absolute atomic E-state index is 0.00751. The fourth-order valence-corrected chi connectivity index (χ4v) is 5.39. The number of hydrogen-bond donors (Lipinski definition) is 1. The maximum absolute atomic E-state index is 15.0. The molecule has 4 aromatic rings. The van der Waals surface area contributed by atoms with E-state index in [-0.39, 0.29) is 23.6 Å². The highest BCUT2D eigenvalue weighted by Crippen LogP contribution is 2.45. The van der Waals surface area contributed by atoms with Gasteiger partial charge in [-0.1, -0.05) is 56.1 Å². The zero-order valence-electron chi connectivity index (χ0n) is 21.4. The molecule has 3 aromatic carbocycles. The van der Waals surface area contributed by atoms with Crippen LogP contribution in [0.15, 0.2) is 66.9 Å². The molecule has 0 saturated carbocycles. The van der Waals surface area contributed by atoms with E-state index < -0.39 is 0 Å². The smallest absolute Gasteiger partial charge is 0.251 e. The minimum Gasteiger partial charge on any atom is -0.352 e. The number of nitrogens with one attached hydrogen (secondary N) is 1. The standard InChI is InChI=1S/C31H34ClFN2O/c1-5-7-25(21-8-10-23(11-9-21)31(36)34-16-6-2)29(22-12-14-24(32)15-13-22)27-19-35(4)30-26(27)17-20(3)18-28(30)33/h8-15,17-19,25,29H,5-7,16H2,1-4H3,(H,34,36)/t25-,29+/m1/s1. The molecule has 0 fully saturated rings. The molecule has 3 nitrogen and oxygen atoms in total. The summed E-state index contributed by atoms with van der Waals surface area (Å²) in [6.07, 6.45) is 4.91. The Kier molecular flexibility index (Phi) is 8.15. The van der Waals surface area contributed by atoms with Gasteiger partial charge in [-0.3, -0.25) is 4.79 Å². The molecule has 0 aliphatic rings. The van der Waals surface area contributed by atoms with Gasteiger partial charge in [0.25, 0.3) is 5.91 Å². The van der Waals surface area contributed by atoms with Crippen LogP contribution < -0.4 is 5.32 Å². The highest BCUT2D eigenvalue weighted by atomic mass is 35.5. The van der Waals surface area contributed by atoms with E-state index in [1.807, 2.05) is 49.7 Å². The van der Waals surface area contributed by atoms with Crippen LogP contribution in [0.2, 0.25) is 5.02 Å². The third-order valence-corrected chi connectivity index (χ3v) is 7.16. The van der Waals surface area contributed by atoms with Crippen LogP contribution in [0, 0.1) is 12.7 Å². The number of benzene rings is 3. The van der Waals surface area contributed by atoms with E-state index in [1.54, 1.807) is 6.07 Å². The van der Waals surface area contributed by atoms with Crippen molar-refractivity contribution in [3.05, 3.63) is 106 Å². The van der Waals surface area contributed by atoms with Crippen molar-refractivity contribution in [2.75, 3.05) is 6.54 Å². The Morgan fingerprint density at radius 2 is 1.67 bits per heavy atom. The third-order valence-electron chi connectivity index (χ3n) is 6.91. The van der Waals surface area contributed by atoms with Crippen molar-refractivity contribution in [2.24, 2.45) is 7.05 Å². The lowest BCUT2D eigenvalue weighted by Gasteiger charge is -2.28. The van der Waals surface area contributed by atoms with E-state index in [4.69, 9.17) is 11.6 Å². The Bertz CT molecular complexity index is 1340. The van der Waals surface area contributed by atoms with Crippen molar-refractivity contribution >= 4 is 28.4 Å². The molecule has 1 N–H and O–H groups in total. The van der Waals surface area contributed by atoms with Crippen molar-refractivity contribution < 1.29 is 9.18 Å². The summed E-state index contributed by atoms with van der Waals surface area (Å²) in [5, 5.41) is 4.57. The van der Waals surface area contributed by atoms with Crippen molar-refractivity contribution in [3.8, 4) is 0 Å². The van der Waals surface area contributed by atoms with E-state index >= 15 is 4.39 Å². The molecule has 0 bridgehead atoms. The second-order valence-electron chi connectivity index (χ2n) is 9.64. The molecular formula is C31H34ClFN2O. The van der Waals surface area contributed by atoms with Crippen molar-refractivity contribution in [1.29, 1.82) is 0 Å². The van der Waals surface area contributed by atoms with Gasteiger partial charge in [0.2, 0.25) is 0 Å². The summed E-state index contributed by atoms with van der Waals surface area (Å²) in [6.45, 7) is 6.82. The van der Waals surface area contributed by atoms with Gasteiger partial charge in [-0.15, -0.1) is 0 Å². The number of nitrogens with zero attached hydrogens (tertiary/aromatic N) is 1. The molecular weight excluding hydrogens is 471 g/mol. The first-order valence-electron chi connectivity index (χ1n) is 12.7. The molecule has 0 aliphatic heterocycles. The molecule has 0 saturated heterocycles. The Balaban J connectivity index is 1.86. The van der Waals surface area contributed by atoms with Gasteiger partial charge < -0.3 is 9.88 Å². The molecule has 0 aliphatic carbocycles. The number of aromatic nitrogens is 1. The Morgan fingerprint density at radius 1 is 1.00 bits per heavy atom. The van der Waals surface area contributed by atoms with Crippen molar-refractivity contribution in [2.45, 2.75) is 51.9 Å². The second kappa shape index (κ2) is 11.3. The summed E-state index contributed by atoms with van der Waals surface area (Å²) in [7, 11) is 1.90. The average Bonchev–Trinajstić information content (AvgIpc) is 3.19. The number of fused-ring (bicyclic) bond motifs is 1. The topological polar surface area (TPSA) is 34.0 Å². The van der Waals surface area contributed by atoms with E-state index in [2.05, 4.69) is 48.8 Å². The van der Waals surface area contributed by atoms with Gasteiger partial charge in [0.1, 0.15) is 5.82 Å². The molecule has 0 unspecified atom stereocenters. The normalized spacial score (nSPS) is 13.1. The lowest BCUT2D eigenvalue weighted by molar-refractivity contribution is 0.0953. The zero-order valence-corrected chi connectivity index (χ0v) is 22.2. The fraction of sp³-hybridized carbons (Fsp3) is 0.323. The van der Waals surface area contributed by atoms with Crippen LogP contribution in [-0.2, 0) is 7.05 Å². The number of aryl methyl sites for hydroxylation is 2. The summed E-state index contributed by atoms with van der Waals surface area (Å²) in [6, 6.07) is 19.6. The van der Waals surface area contributed by atoms with Gasteiger partial charge >= 0.3 is 0 Å². The summed E-state index contributed by atoms with van der Waals surface area (Å²) in [4.78, 5) is 12.5. The van der Waals surface area contributed by atoms with Crippen LogP contribution in [0.1, 0.15) is 77.6 Å². The first-order chi connectivity index (χ1) is 17.3. The van der Waals surface area contributed by atoms with E-state index in [0.29, 0.717) is 22.6 Å². The summed E-state index contributed by atoms with van der Waals surface area (Å²) >= 11 is 6.25. The highest BCUT2D eigenvalue weighted by Gasteiger charge is 2.29. The number of carbonyl (C=O) groups excluding carboxylic acids is 1. The minimum atomic E-state index is -0.205. The number of halogens is 2. The van der Waals surface area contributed by atoms with Crippen molar-refractivity contribution in [3.63, 3.8) is 0 Å². The fourth-order valence-electron chi connectivity index (χ4n) is 5.26. The average molecular weight is 505 g/mol.